The number of nitrogens with zero attached hydrogens (tertiary/aromatic N) is 4. The average Bonchev–Trinajstić information content (AvgIpc) is 2.80. The number of benzene rings is 1. The van der Waals surface area contributed by atoms with Gasteiger partial charge < -0.3 is 4.74 Å². The van der Waals surface area contributed by atoms with Crippen LogP contribution in [0.1, 0.15) is 5.82 Å². The van der Waals surface area contributed by atoms with Crippen LogP contribution in [0.4, 0.5) is 5.69 Å². The molecule has 0 aliphatic heterocycles. The first kappa shape index (κ1) is 14.9. The van der Waals surface area contributed by atoms with Crippen molar-refractivity contribution < 1.29 is 18.1 Å². The third-order valence-electron chi connectivity index (χ3n) is 2.61. The van der Waals surface area contributed by atoms with Crippen LogP contribution in [0.15, 0.2) is 29.4 Å². The van der Waals surface area contributed by atoms with Crippen molar-refractivity contribution in [2.45, 2.75) is 11.5 Å². The summed E-state index contributed by atoms with van der Waals surface area (Å²) >= 11 is 0. The van der Waals surface area contributed by atoms with Gasteiger partial charge in [0.15, 0.2) is 5.82 Å². The second-order valence-corrected chi connectivity index (χ2v) is 5.55. The van der Waals surface area contributed by atoms with Crippen LogP contribution in [0.5, 0.6) is 5.75 Å². The van der Waals surface area contributed by atoms with E-state index in [1.54, 1.807) is 7.05 Å². The SMILES string of the molecule is Cn1ncnc1COc1ccc([N+](=O)[O-])cc1S(N)(=O)=O. The van der Waals surface area contributed by atoms with Gasteiger partial charge in [-0.2, -0.15) is 5.10 Å². The lowest BCUT2D eigenvalue weighted by atomic mass is 10.3. The number of sulfonamides is 1. The molecule has 2 aromatic rings. The largest absolute Gasteiger partial charge is 0.484 e. The van der Waals surface area contributed by atoms with E-state index < -0.39 is 25.5 Å². The predicted octanol–water partition coefficient (Wildman–Crippen LogP) is -0.0503. The van der Waals surface area contributed by atoms with Gasteiger partial charge in [-0.1, -0.05) is 0 Å². The Kier molecular flexibility index (Phi) is 3.86. The first-order valence-corrected chi connectivity index (χ1v) is 7.10. The van der Waals surface area contributed by atoms with Gasteiger partial charge in [-0.25, -0.2) is 18.5 Å². The molecule has 1 aromatic heterocycles. The molecule has 0 aliphatic rings. The van der Waals surface area contributed by atoms with Crippen LogP contribution >= 0.6 is 0 Å². The van der Waals surface area contributed by atoms with E-state index in [-0.39, 0.29) is 12.4 Å². The number of nitro benzene ring substituents is 1. The van der Waals surface area contributed by atoms with Crippen molar-refractivity contribution in [1.29, 1.82) is 0 Å². The molecule has 0 atom stereocenters. The van der Waals surface area contributed by atoms with E-state index in [1.165, 1.54) is 17.1 Å². The van der Waals surface area contributed by atoms with E-state index in [4.69, 9.17) is 9.88 Å². The molecule has 10 nitrogen and oxygen atoms in total. The Bertz CT molecular complexity index is 785. The van der Waals surface area contributed by atoms with Crippen molar-refractivity contribution in [3.8, 4) is 5.75 Å². The first-order chi connectivity index (χ1) is 9.79. The highest BCUT2D eigenvalue weighted by molar-refractivity contribution is 7.89. The number of rotatable bonds is 5. The summed E-state index contributed by atoms with van der Waals surface area (Å²) in [6.45, 7) is -0.0587. The molecule has 0 unspecified atom stereocenters. The zero-order chi connectivity index (χ0) is 15.6. The zero-order valence-electron chi connectivity index (χ0n) is 10.8. The maximum atomic E-state index is 11.5. The van der Waals surface area contributed by atoms with Gasteiger partial charge in [-0.3, -0.25) is 14.8 Å². The Morgan fingerprint density at radius 1 is 1.48 bits per heavy atom. The molecule has 112 valence electrons. The van der Waals surface area contributed by atoms with Crippen LogP contribution in [-0.4, -0.2) is 28.1 Å². The Morgan fingerprint density at radius 3 is 2.71 bits per heavy atom. The molecule has 11 heteroatoms. The van der Waals surface area contributed by atoms with Crippen LogP contribution in [0, 0.1) is 10.1 Å². The summed E-state index contributed by atoms with van der Waals surface area (Å²) in [6, 6.07) is 3.15. The van der Waals surface area contributed by atoms with Crippen LogP contribution in [0.3, 0.4) is 0 Å². The molecule has 1 aromatic carbocycles. The summed E-state index contributed by atoms with van der Waals surface area (Å²) in [5.74, 6) is 0.361. The molecule has 21 heavy (non-hydrogen) atoms. The van der Waals surface area contributed by atoms with E-state index in [0.717, 1.165) is 12.1 Å². The van der Waals surface area contributed by atoms with E-state index >= 15 is 0 Å². The second-order valence-electron chi connectivity index (χ2n) is 4.02. The van der Waals surface area contributed by atoms with Crippen molar-refractivity contribution in [3.63, 3.8) is 0 Å². The highest BCUT2D eigenvalue weighted by atomic mass is 32.2. The third-order valence-corrected chi connectivity index (χ3v) is 3.54. The fourth-order valence-electron chi connectivity index (χ4n) is 1.55. The summed E-state index contributed by atoms with van der Waals surface area (Å²) in [6.07, 6.45) is 1.31. The second kappa shape index (κ2) is 5.46. The van der Waals surface area contributed by atoms with Gasteiger partial charge in [-0.05, 0) is 6.07 Å². The Morgan fingerprint density at radius 2 is 2.19 bits per heavy atom. The fourth-order valence-corrected chi connectivity index (χ4v) is 2.24. The number of nitrogens with two attached hydrogens (primary N) is 1. The minimum atomic E-state index is -4.16. The predicted molar refractivity (Wildman–Crippen MR) is 69.8 cm³/mol. The quantitative estimate of drug-likeness (QED) is 0.602. The van der Waals surface area contributed by atoms with Crippen molar-refractivity contribution in [2.75, 3.05) is 0 Å². The van der Waals surface area contributed by atoms with Crippen molar-refractivity contribution >= 4 is 15.7 Å². The first-order valence-electron chi connectivity index (χ1n) is 5.56. The third kappa shape index (κ3) is 3.32. The van der Waals surface area contributed by atoms with Gasteiger partial charge in [0.25, 0.3) is 5.69 Å². The van der Waals surface area contributed by atoms with Crippen molar-refractivity contribution in [2.24, 2.45) is 12.2 Å². The van der Waals surface area contributed by atoms with Gasteiger partial charge in [-0.15, -0.1) is 0 Å². The molecule has 0 aliphatic carbocycles. The molecule has 2 N–H and O–H groups in total. The maximum Gasteiger partial charge on any atom is 0.271 e. The number of hydrogen-bond acceptors (Lipinski definition) is 7. The van der Waals surface area contributed by atoms with Crippen LogP contribution < -0.4 is 9.88 Å². The Balaban J connectivity index is 2.35. The lowest BCUT2D eigenvalue weighted by molar-refractivity contribution is -0.385. The minimum Gasteiger partial charge on any atom is -0.484 e. The van der Waals surface area contributed by atoms with Crippen LogP contribution in [-0.2, 0) is 23.7 Å². The normalized spacial score (nSPS) is 11.3. The molecule has 0 saturated heterocycles. The number of ether oxygens (including phenoxy) is 1. The number of primary sulfonamides is 1. The van der Waals surface area contributed by atoms with E-state index in [1.807, 2.05) is 0 Å². The number of hydrogen-bond donors (Lipinski definition) is 1. The number of aromatic nitrogens is 3. The molecule has 0 radical (unpaired) electrons. The van der Waals surface area contributed by atoms with Gasteiger partial charge >= 0.3 is 0 Å². The monoisotopic (exact) mass is 313 g/mol. The molecular weight excluding hydrogens is 302 g/mol. The lowest BCUT2D eigenvalue weighted by Crippen LogP contribution is -2.15. The van der Waals surface area contributed by atoms with Gasteiger partial charge in [0.1, 0.15) is 23.6 Å². The number of non-ortho nitro benzene ring substituents is 1. The molecule has 0 saturated carbocycles. The van der Waals surface area contributed by atoms with Gasteiger partial charge in [0, 0.05) is 19.2 Å². The van der Waals surface area contributed by atoms with Crippen LogP contribution in [0.25, 0.3) is 0 Å². The average molecular weight is 313 g/mol. The zero-order valence-corrected chi connectivity index (χ0v) is 11.6. The maximum absolute atomic E-state index is 11.5. The smallest absolute Gasteiger partial charge is 0.271 e. The summed E-state index contributed by atoms with van der Waals surface area (Å²) in [5.41, 5.74) is -0.398. The summed E-state index contributed by atoms with van der Waals surface area (Å²) < 4.78 is 29.8. The van der Waals surface area contributed by atoms with Crippen molar-refractivity contribution in [3.05, 3.63) is 40.5 Å². The van der Waals surface area contributed by atoms with Gasteiger partial charge in [0.2, 0.25) is 10.0 Å². The summed E-state index contributed by atoms with van der Waals surface area (Å²) in [5, 5.41) is 19.6. The number of aryl methyl sites for hydroxylation is 1. The molecular formula is C10H11N5O5S. The van der Waals surface area contributed by atoms with E-state index in [0.29, 0.717) is 5.82 Å². The standard InChI is InChI=1S/C10H11N5O5S/c1-14-10(12-6-13-14)5-20-8-3-2-7(15(16)17)4-9(8)21(11,18)19/h2-4,6H,5H2,1H3,(H2,11,18,19). The lowest BCUT2D eigenvalue weighted by Gasteiger charge is -2.09. The fraction of sp³-hybridized carbons (Fsp3) is 0.200. The summed E-state index contributed by atoms with van der Waals surface area (Å²) in [7, 11) is -2.52. The molecule has 2 rings (SSSR count). The minimum absolute atomic E-state index is 0.0587. The van der Waals surface area contributed by atoms with E-state index in [9.17, 15) is 18.5 Å². The van der Waals surface area contributed by atoms with Gasteiger partial charge in [0.05, 0.1) is 4.92 Å². The Hall–Kier alpha value is -2.53. The summed E-state index contributed by atoms with van der Waals surface area (Å²) in [4.78, 5) is 13.4. The molecule has 1 heterocycles. The van der Waals surface area contributed by atoms with Crippen LogP contribution in [0.2, 0.25) is 0 Å². The highest BCUT2D eigenvalue weighted by Gasteiger charge is 2.20. The van der Waals surface area contributed by atoms with E-state index in [2.05, 4.69) is 10.1 Å². The van der Waals surface area contributed by atoms with Crippen molar-refractivity contribution in [1.82, 2.24) is 14.8 Å². The topological polar surface area (TPSA) is 143 Å². The molecule has 0 fully saturated rings. The molecule has 0 amide bonds. The molecule has 0 bridgehead atoms. The Labute approximate surface area is 119 Å². The molecule has 0 spiro atoms. The number of nitro groups is 1. The highest BCUT2D eigenvalue weighted by Crippen LogP contribution is 2.27.